The van der Waals surface area contributed by atoms with Crippen LogP contribution in [0.15, 0.2) is 72.8 Å². The minimum absolute atomic E-state index is 0.281. The lowest BCUT2D eigenvalue weighted by molar-refractivity contribution is 0.0972. The maximum absolute atomic E-state index is 12.6. The van der Waals surface area contributed by atoms with Crippen LogP contribution in [-0.4, -0.2) is 30.1 Å². The second kappa shape index (κ2) is 10.8. The SMILES string of the molecule is COc1ccc(CN(Cc2ccc(OC)cc2)C(=S)NC(=O)c2ccc(Cl)cc2)cc1. The van der Waals surface area contributed by atoms with Crippen LogP contribution in [0.2, 0.25) is 5.02 Å². The number of halogens is 1. The average molecular weight is 455 g/mol. The first-order valence-corrected chi connectivity index (χ1v) is 10.4. The molecule has 0 saturated carbocycles. The summed E-state index contributed by atoms with van der Waals surface area (Å²) in [5, 5.41) is 3.74. The number of methoxy groups -OCH3 is 2. The monoisotopic (exact) mass is 454 g/mol. The Kier molecular flexibility index (Phi) is 7.87. The number of carbonyl (C=O) groups is 1. The maximum atomic E-state index is 12.6. The fourth-order valence-corrected chi connectivity index (χ4v) is 3.30. The zero-order valence-electron chi connectivity index (χ0n) is 17.3. The Morgan fingerprint density at radius 3 is 1.71 bits per heavy atom. The normalized spacial score (nSPS) is 10.3. The Bertz CT molecular complexity index is 973. The topological polar surface area (TPSA) is 50.8 Å². The van der Waals surface area contributed by atoms with Gasteiger partial charge in [-0.1, -0.05) is 35.9 Å². The molecule has 31 heavy (non-hydrogen) atoms. The number of carbonyl (C=O) groups excluding carboxylic acids is 1. The number of rotatable bonds is 7. The van der Waals surface area contributed by atoms with Gasteiger partial charge >= 0.3 is 0 Å². The quantitative estimate of drug-likeness (QED) is 0.505. The number of thiocarbonyl (C=S) groups is 1. The summed E-state index contributed by atoms with van der Waals surface area (Å²) in [5.41, 5.74) is 2.57. The van der Waals surface area contributed by atoms with Crippen LogP contribution in [0.4, 0.5) is 0 Å². The number of hydrogen-bond acceptors (Lipinski definition) is 4. The zero-order valence-corrected chi connectivity index (χ0v) is 18.9. The van der Waals surface area contributed by atoms with Crippen molar-refractivity contribution in [2.75, 3.05) is 14.2 Å². The van der Waals surface area contributed by atoms with Gasteiger partial charge in [0.2, 0.25) is 0 Å². The van der Waals surface area contributed by atoms with Crippen LogP contribution >= 0.6 is 23.8 Å². The van der Waals surface area contributed by atoms with E-state index in [9.17, 15) is 4.79 Å². The van der Waals surface area contributed by atoms with E-state index in [1.807, 2.05) is 53.4 Å². The minimum atomic E-state index is -0.281. The van der Waals surface area contributed by atoms with Gasteiger partial charge in [-0.25, -0.2) is 0 Å². The molecular formula is C24H23ClN2O3S. The first-order chi connectivity index (χ1) is 15.0. The lowest BCUT2D eigenvalue weighted by Gasteiger charge is -2.26. The number of hydrogen-bond donors (Lipinski definition) is 1. The standard InChI is InChI=1S/C24H23ClN2O3S/c1-29-21-11-3-17(4-12-21)15-27(16-18-5-13-22(30-2)14-6-18)24(31)26-23(28)19-7-9-20(25)10-8-19/h3-14H,15-16H2,1-2H3,(H,26,28,31). The smallest absolute Gasteiger partial charge is 0.257 e. The minimum Gasteiger partial charge on any atom is -0.497 e. The van der Waals surface area contributed by atoms with Crippen molar-refractivity contribution in [2.24, 2.45) is 0 Å². The molecule has 5 nitrogen and oxygen atoms in total. The average Bonchev–Trinajstić information content (AvgIpc) is 2.80. The van der Waals surface area contributed by atoms with Crippen molar-refractivity contribution in [3.8, 4) is 11.5 Å². The van der Waals surface area contributed by atoms with Crippen LogP contribution in [-0.2, 0) is 13.1 Å². The van der Waals surface area contributed by atoms with Gasteiger partial charge in [-0.3, -0.25) is 10.1 Å². The molecule has 7 heteroatoms. The van der Waals surface area contributed by atoms with E-state index < -0.39 is 0 Å². The van der Waals surface area contributed by atoms with Gasteiger partial charge in [0.05, 0.1) is 14.2 Å². The van der Waals surface area contributed by atoms with Crippen molar-refractivity contribution in [3.63, 3.8) is 0 Å². The number of nitrogens with one attached hydrogen (secondary N) is 1. The van der Waals surface area contributed by atoms with Gasteiger partial charge in [-0.05, 0) is 71.9 Å². The van der Waals surface area contributed by atoms with Gasteiger partial charge in [-0.2, -0.15) is 0 Å². The molecule has 3 aromatic rings. The van der Waals surface area contributed by atoms with Crippen molar-refractivity contribution in [3.05, 3.63) is 94.5 Å². The van der Waals surface area contributed by atoms with E-state index >= 15 is 0 Å². The van der Waals surface area contributed by atoms with Gasteiger partial charge in [0.1, 0.15) is 11.5 Å². The van der Waals surface area contributed by atoms with E-state index in [1.165, 1.54) is 0 Å². The van der Waals surface area contributed by atoms with E-state index in [0.717, 1.165) is 22.6 Å². The predicted octanol–water partition coefficient (Wildman–Crippen LogP) is 5.07. The summed E-state index contributed by atoms with van der Waals surface area (Å²) in [5.74, 6) is 1.28. The highest BCUT2D eigenvalue weighted by atomic mass is 35.5. The van der Waals surface area contributed by atoms with E-state index in [-0.39, 0.29) is 5.91 Å². The summed E-state index contributed by atoms with van der Waals surface area (Å²) in [7, 11) is 3.26. The highest BCUT2D eigenvalue weighted by Crippen LogP contribution is 2.17. The van der Waals surface area contributed by atoms with Gasteiger partial charge in [0, 0.05) is 23.7 Å². The van der Waals surface area contributed by atoms with Crippen LogP contribution in [0.1, 0.15) is 21.5 Å². The Morgan fingerprint density at radius 1 is 0.839 bits per heavy atom. The summed E-state index contributed by atoms with van der Waals surface area (Å²) >= 11 is 11.5. The first kappa shape index (κ1) is 22.6. The molecule has 0 aliphatic heterocycles. The third-order valence-corrected chi connectivity index (χ3v) is 5.29. The van der Waals surface area contributed by atoms with Crippen LogP contribution < -0.4 is 14.8 Å². The largest absolute Gasteiger partial charge is 0.497 e. The molecule has 0 radical (unpaired) electrons. The molecule has 3 rings (SSSR count). The van der Waals surface area contributed by atoms with Crippen molar-refractivity contribution < 1.29 is 14.3 Å². The molecule has 0 spiro atoms. The van der Waals surface area contributed by atoms with Crippen LogP contribution in [0.5, 0.6) is 11.5 Å². The Hall–Kier alpha value is -3.09. The van der Waals surface area contributed by atoms with E-state index in [1.54, 1.807) is 38.5 Å². The summed E-state index contributed by atoms with van der Waals surface area (Å²) in [4.78, 5) is 14.6. The van der Waals surface area contributed by atoms with Gasteiger partial charge in [0.25, 0.3) is 5.91 Å². The van der Waals surface area contributed by atoms with Gasteiger partial charge in [-0.15, -0.1) is 0 Å². The third kappa shape index (κ3) is 6.44. The van der Waals surface area contributed by atoms with Crippen LogP contribution in [0, 0.1) is 0 Å². The molecule has 0 aliphatic carbocycles. The molecular weight excluding hydrogens is 432 g/mol. The second-order valence-electron chi connectivity index (χ2n) is 6.82. The summed E-state index contributed by atoms with van der Waals surface area (Å²) in [6.07, 6.45) is 0. The Balaban J connectivity index is 1.77. The maximum Gasteiger partial charge on any atom is 0.257 e. The molecule has 0 aromatic heterocycles. The highest BCUT2D eigenvalue weighted by molar-refractivity contribution is 7.80. The fraction of sp³-hybridized carbons (Fsp3) is 0.167. The summed E-state index contributed by atoms with van der Waals surface area (Å²) < 4.78 is 10.5. The molecule has 0 heterocycles. The highest BCUT2D eigenvalue weighted by Gasteiger charge is 2.15. The number of nitrogens with zero attached hydrogens (tertiary/aromatic N) is 1. The van der Waals surface area contributed by atoms with Crippen molar-refractivity contribution in [2.45, 2.75) is 13.1 Å². The first-order valence-electron chi connectivity index (χ1n) is 9.60. The Morgan fingerprint density at radius 2 is 1.29 bits per heavy atom. The molecule has 0 fully saturated rings. The van der Waals surface area contributed by atoms with Crippen molar-refractivity contribution >= 4 is 34.8 Å². The summed E-state index contributed by atoms with van der Waals surface area (Å²) in [6, 6.07) is 22.2. The molecule has 0 bridgehead atoms. The van der Waals surface area contributed by atoms with E-state index in [0.29, 0.717) is 28.8 Å². The number of amides is 1. The molecule has 1 N–H and O–H groups in total. The molecule has 0 unspecified atom stereocenters. The molecule has 0 atom stereocenters. The molecule has 3 aromatic carbocycles. The third-order valence-electron chi connectivity index (χ3n) is 4.68. The van der Waals surface area contributed by atoms with Crippen molar-refractivity contribution in [1.82, 2.24) is 10.2 Å². The summed E-state index contributed by atoms with van der Waals surface area (Å²) in [6.45, 7) is 1.05. The predicted molar refractivity (Wildman–Crippen MR) is 127 cm³/mol. The van der Waals surface area contributed by atoms with Gasteiger partial charge < -0.3 is 14.4 Å². The molecule has 0 saturated heterocycles. The second-order valence-corrected chi connectivity index (χ2v) is 7.64. The molecule has 1 amide bonds. The fourth-order valence-electron chi connectivity index (χ4n) is 2.95. The van der Waals surface area contributed by atoms with Crippen LogP contribution in [0.3, 0.4) is 0 Å². The lowest BCUT2D eigenvalue weighted by Crippen LogP contribution is -2.42. The van der Waals surface area contributed by atoms with Gasteiger partial charge in [0.15, 0.2) is 5.11 Å². The van der Waals surface area contributed by atoms with Crippen LogP contribution in [0.25, 0.3) is 0 Å². The molecule has 160 valence electrons. The number of benzene rings is 3. The zero-order chi connectivity index (χ0) is 22.2. The van der Waals surface area contributed by atoms with E-state index in [2.05, 4.69) is 5.32 Å². The van der Waals surface area contributed by atoms with E-state index in [4.69, 9.17) is 33.3 Å². The molecule has 0 aliphatic rings. The number of ether oxygens (including phenoxy) is 2. The Labute approximate surface area is 192 Å². The lowest BCUT2D eigenvalue weighted by atomic mass is 10.1. The van der Waals surface area contributed by atoms with Crippen molar-refractivity contribution in [1.29, 1.82) is 0 Å².